The van der Waals surface area contributed by atoms with Crippen LogP contribution in [0.25, 0.3) is 0 Å². The normalized spacial score (nSPS) is 11.3. The van der Waals surface area contributed by atoms with E-state index < -0.39 is 0 Å². The maximum absolute atomic E-state index is 12.1. The minimum atomic E-state index is -0.0613. The van der Waals surface area contributed by atoms with Crippen molar-refractivity contribution in [3.8, 4) is 0 Å². The highest BCUT2D eigenvalue weighted by atomic mass is 35.5. The van der Waals surface area contributed by atoms with Crippen molar-refractivity contribution < 1.29 is 4.79 Å². The van der Waals surface area contributed by atoms with Gasteiger partial charge in [0.25, 0.3) is 0 Å². The number of nitrogens with one attached hydrogen (secondary N) is 1. The summed E-state index contributed by atoms with van der Waals surface area (Å²) < 4.78 is 0. The number of hydrogen-bond donors (Lipinski definition) is 1. The second-order valence-corrected chi connectivity index (χ2v) is 8.88. The predicted molar refractivity (Wildman–Crippen MR) is 130 cm³/mol. The Labute approximate surface area is 192 Å². The monoisotopic (exact) mass is 459 g/mol. The van der Waals surface area contributed by atoms with Crippen LogP contribution in [0, 0.1) is 0 Å². The minimum Gasteiger partial charge on any atom is -0.324 e. The first-order chi connectivity index (χ1) is 14.0. The topological polar surface area (TPSA) is 29.1 Å². The first-order valence-electron chi connectivity index (χ1n) is 11.1. The van der Waals surface area contributed by atoms with Gasteiger partial charge < -0.3 is 5.32 Å². The predicted octanol–water partition coefficient (Wildman–Crippen LogP) is 9.62. The van der Waals surface area contributed by atoms with Crippen LogP contribution < -0.4 is 5.32 Å². The van der Waals surface area contributed by atoms with Gasteiger partial charge in [-0.15, -0.1) is 0 Å². The van der Waals surface area contributed by atoms with Crippen LogP contribution in [0.1, 0.15) is 96.8 Å². The van der Waals surface area contributed by atoms with Crippen molar-refractivity contribution in [3.05, 3.63) is 39.4 Å². The molecule has 1 aromatic carbocycles. The van der Waals surface area contributed by atoms with Gasteiger partial charge in [0.05, 0.1) is 15.7 Å². The highest BCUT2D eigenvalue weighted by Gasteiger charge is 2.11. The number of anilines is 1. The molecule has 0 saturated carbocycles. The van der Waals surface area contributed by atoms with Gasteiger partial charge in [0.1, 0.15) is 0 Å². The standard InChI is InChI=1S/C24H36Cl3NO/c1-2-3-4-5-6-7-8-9-10-11-12-13-14-15-16-17-23(29)28-24-21(26)18-20(25)19-22(24)27/h9-10,18-19H,2-8,11-17H2,1H3,(H,28,29)/b10-9-. The van der Waals surface area contributed by atoms with Crippen molar-refractivity contribution in [2.24, 2.45) is 0 Å². The Bertz CT molecular complexity index is 593. The van der Waals surface area contributed by atoms with Gasteiger partial charge in [-0.1, -0.05) is 105 Å². The fourth-order valence-electron chi connectivity index (χ4n) is 3.22. The Balaban J connectivity index is 1.98. The molecule has 164 valence electrons. The Hall–Kier alpha value is -0.700. The van der Waals surface area contributed by atoms with E-state index in [1.54, 1.807) is 12.1 Å². The van der Waals surface area contributed by atoms with E-state index in [-0.39, 0.29) is 5.91 Å². The molecule has 0 aliphatic heterocycles. The van der Waals surface area contributed by atoms with Gasteiger partial charge in [-0.3, -0.25) is 4.79 Å². The summed E-state index contributed by atoms with van der Waals surface area (Å²) in [6.45, 7) is 2.26. The van der Waals surface area contributed by atoms with Crippen LogP contribution in [-0.2, 0) is 4.79 Å². The lowest BCUT2D eigenvalue weighted by molar-refractivity contribution is -0.116. The van der Waals surface area contributed by atoms with Crippen molar-refractivity contribution in [1.82, 2.24) is 0 Å². The number of hydrogen-bond acceptors (Lipinski definition) is 1. The molecule has 0 saturated heterocycles. The second-order valence-electron chi connectivity index (χ2n) is 7.63. The highest BCUT2D eigenvalue weighted by molar-refractivity contribution is 6.42. The van der Waals surface area contributed by atoms with Crippen LogP contribution in [0.4, 0.5) is 5.69 Å². The summed E-state index contributed by atoms with van der Waals surface area (Å²) >= 11 is 18.1. The van der Waals surface area contributed by atoms with Crippen molar-refractivity contribution in [2.45, 2.75) is 96.8 Å². The molecule has 0 unspecified atom stereocenters. The third-order valence-electron chi connectivity index (χ3n) is 4.94. The Morgan fingerprint density at radius 1 is 0.793 bits per heavy atom. The minimum absolute atomic E-state index is 0.0613. The van der Waals surface area contributed by atoms with Crippen molar-refractivity contribution in [2.75, 3.05) is 5.32 Å². The van der Waals surface area contributed by atoms with E-state index in [9.17, 15) is 4.79 Å². The van der Waals surface area contributed by atoms with Gasteiger partial charge in [-0.25, -0.2) is 0 Å². The number of benzene rings is 1. The molecule has 0 aliphatic rings. The summed E-state index contributed by atoms with van der Waals surface area (Å²) in [4.78, 5) is 12.1. The molecule has 1 rings (SSSR count). The largest absolute Gasteiger partial charge is 0.324 e. The molecule has 5 heteroatoms. The molecule has 0 atom stereocenters. The van der Waals surface area contributed by atoms with Crippen LogP contribution in [-0.4, -0.2) is 5.91 Å². The van der Waals surface area contributed by atoms with E-state index in [1.807, 2.05) is 0 Å². The lowest BCUT2D eigenvalue weighted by atomic mass is 10.1. The summed E-state index contributed by atoms with van der Waals surface area (Å²) in [6.07, 6.45) is 21.3. The second kappa shape index (κ2) is 17.0. The molecular weight excluding hydrogens is 425 g/mol. The van der Waals surface area contributed by atoms with E-state index in [1.165, 1.54) is 70.6 Å². The molecule has 0 bridgehead atoms. The van der Waals surface area contributed by atoms with E-state index in [4.69, 9.17) is 34.8 Å². The van der Waals surface area contributed by atoms with E-state index >= 15 is 0 Å². The maximum Gasteiger partial charge on any atom is 0.224 e. The SMILES string of the molecule is CCCCCCCC/C=C\CCCCCCCC(=O)Nc1c(Cl)cc(Cl)cc1Cl. The van der Waals surface area contributed by atoms with E-state index in [0.717, 1.165) is 12.8 Å². The molecule has 0 aromatic heterocycles. The summed E-state index contributed by atoms with van der Waals surface area (Å²) in [5, 5.41) is 3.96. The zero-order valence-electron chi connectivity index (χ0n) is 17.8. The number of allylic oxidation sites excluding steroid dienone is 2. The Morgan fingerprint density at radius 2 is 1.28 bits per heavy atom. The fourth-order valence-corrected chi connectivity index (χ4v) is 4.13. The third-order valence-corrected chi connectivity index (χ3v) is 5.75. The third kappa shape index (κ3) is 13.3. The van der Waals surface area contributed by atoms with Crippen LogP contribution in [0.5, 0.6) is 0 Å². The summed E-state index contributed by atoms with van der Waals surface area (Å²) in [5.74, 6) is -0.0613. The summed E-state index contributed by atoms with van der Waals surface area (Å²) in [5.41, 5.74) is 0.440. The first-order valence-corrected chi connectivity index (χ1v) is 12.3. The van der Waals surface area contributed by atoms with Gasteiger partial charge in [-0.05, 0) is 44.2 Å². The lowest BCUT2D eigenvalue weighted by Crippen LogP contribution is -2.11. The van der Waals surface area contributed by atoms with E-state index in [0.29, 0.717) is 27.2 Å². The van der Waals surface area contributed by atoms with Crippen molar-refractivity contribution in [3.63, 3.8) is 0 Å². The molecule has 2 nitrogen and oxygen atoms in total. The average molecular weight is 461 g/mol. The first kappa shape index (κ1) is 26.3. The van der Waals surface area contributed by atoms with E-state index in [2.05, 4.69) is 24.4 Å². The van der Waals surface area contributed by atoms with Crippen LogP contribution in [0.2, 0.25) is 15.1 Å². The molecule has 1 N–H and O–H groups in total. The molecule has 0 spiro atoms. The molecule has 0 fully saturated rings. The smallest absolute Gasteiger partial charge is 0.224 e. The lowest BCUT2D eigenvalue weighted by Gasteiger charge is -2.09. The number of halogens is 3. The Morgan fingerprint density at radius 3 is 1.83 bits per heavy atom. The van der Waals surface area contributed by atoms with Gasteiger partial charge in [0.15, 0.2) is 0 Å². The molecule has 29 heavy (non-hydrogen) atoms. The molecular formula is C24H36Cl3NO. The zero-order chi connectivity index (χ0) is 21.3. The molecule has 1 aromatic rings. The molecule has 0 radical (unpaired) electrons. The number of carbonyl (C=O) groups is 1. The van der Waals surface area contributed by atoms with Crippen LogP contribution >= 0.6 is 34.8 Å². The zero-order valence-corrected chi connectivity index (χ0v) is 20.0. The fraction of sp³-hybridized carbons (Fsp3) is 0.625. The number of rotatable bonds is 16. The highest BCUT2D eigenvalue weighted by Crippen LogP contribution is 2.33. The maximum atomic E-state index is 12.1. The summed E-state index contributed by atoms with van der Waals surface area (Å²) in [7, 11) is 0. The number of amides is 1. The molecule has 0 aliphatic carbocycles. The van der Waals surface area contributed by atoms with Crippen molar-refractivity contribution >= 4 is 46.4 Å². The average Bonchev–Trinajstić information content (AvgIpc) is 2.67. The Kier molecular flexibility index (Phi) is 15.5. The summed E-state index contributed by atoms with van der Waals surface area (Å²) in [6, 6.07) is 3.15. The van der Waals surface area contributed by atoms with Gasteiger partial charge >= 0.3 is 0 Å². The van der Waals surface area contributed by atoms with Crippen molar-refractivity contribution in [1.29, 1.82) is 0 Å². The quantitative estimate of drug-likeness (QED) is 0.193. The van der Waals surface area contributed by atoms with Gasteiger partial charge in [0, 0.05) is 11.4 Å². The molecule has 1 amide bonds. The number of unbranched alkanes of at least 4 members (excludes halogenated alkanes) is 11. The molecule has 0 heterocycles. The van der Waals surface area contributed by atoms with Gasteiger partial charge in [0.2, 0.25) is 5.91 Å². The number of carbonyl (C=O) groups excluding carboxylic acids is 1. The van der Waals surface area contributed by atoms with Gasteiger partial charge in [-0.2, -0.15) is 0 Å². The van der Waals surface area contributed by atoms with Crippen LogP contribution in [0.3, 0.4) is 0 Å². The van der Waals surface area contributed by atoms with Crippen LogP contribution in [0.15, 0.2) is 24.3 Å².